The van der Waals surface area contributed by atoms with E-state index in [0.717, 1.165) is 27.4 Å². The minimum absolute atomic E-state index is 0.0638. The van der Waals surface area contributed by atoms with Crippen LogP contribution < -0.4 is 14.8 Å². The van der Waals surface area contributed by atoms with Gasteiger partial charge in [0.25, 0.3) is 5.91 Å². The first-order valence-corrected chi connectivity index (χ1v) is 11.2. The zero-order chi connectivity index (χ0) is 24.4. The molecule has 35 heavy (non-hydrogen) atoms. The summed E-state index contributed by atoms with van der Waals surface area (Å²) in [6.45, 7) is 0.0638. The number of carbonyl (C=O) groups is 1. The Bertz CT molecular complexity index is 1510. The fraction of sp³-hybridized carbons (Fsp3) is 0.143. The number of hydrogen-bond acceptors (Lipinski definition) is 5. The van der Waals surface area contributed by atoms with E-state index in [1.54, 1.807) is 20.3 Å². The molecule has 0 aliphatic carbocycles. The van der Waals surface area contributed by atoms with Gasteiger partial charge < -0.3 is 24.9 Å². The molecule has 7 nitrogen and oxygen atoms in total. The summed E-state index contributed by atoms with van der Waals surface area (Å²) in [6.07, 6.45) is -0.824. The standard InChI is InChI=1S/C28H25N3O4/c1-34-18-12-13-25(35-2)21(14-18)27-26-20(19-10-6-7-11-22(19)30-26)15-23(31-27)28(33)29-16-24(32)17-8-4-3-5-9-17/h3-15,24,30,32H,16H2,1-2H3,(H,29,33). The van der Waals surface area contributed by atoms with Gasteiger partial charge in [-0.2, -0.15) is 0 Å². The molecule has 0 aliphatic heterocycles. The van der Waals surface area contributed by atoms with Crippen molar-refractivity contribution in [1.82, 2.24) is 15.3 Å². The first kappa shape index (κ1) is 22.4. The summed E-state index contributed by atoms with van der Waals surface area (Å²) in [5.41, 5.74) is 3.96. The SMILES string of the molecule is COc1ccc(OC)c(-c2nc(C(=O)NCC(O)c3ccccc3)cc3c2[nH]c2ccccc23)c1. The fourth-order valence-corrected chi connectivity index (χ4v) is 4.23. The number of hydrogen-bond donors (Lipinski definition) is 3. The number of aromatic nitrogens is 2. The molecule has 5 rings (SSSR count). The number of aromatic amines is 1. The van der Waals surface area contributed by atoms with E-state index in [1.807, 2.05) is 72.8 Å². The third kappa shape index (κ3) is 4.29. The number of aliphatic hydroxyl groups excluding tert-OH is 1. The normalized spacial score (nSPS) is 12.0. The van der Waals surface area contributed by atoms with Gasteiger partial charge in [-0.15, -0.1) is 0 Å². The lowest BCUT2D eigenvalue weighted by Crippen LogP contribution is -2.29. The summed E-state index contributed by atoms with van der Waals surface area (Å²) in [4.78, 5) is 21.4. The zero-order valence-electron chi connectivity index (χ0n) is 19.4. The molecular weight excluding hydrogens is 442 g/mol. The summed E-state index contributed by atoms with van der Waals surface area (Å²) in [6, 6.07) is 24.3. The number of H-pyrrole nitrogens is 1. The van der Waals surface area contributed by atoms with Crippen molar-refractivity contribution in [3.8, 4) is 22.8 Å². The van der Waals surface area contributed by atoms with Crippen molar-refractivity contribution in [3.05, 3.63) is 90.1 Å². The van der Waals surface area contributed by atoms with Gasteiger partial charge in [0.1, 0.15) is 17.2 Å². The van der Waals surface area contributed by atoms with Crippen LogP contribution in [-0.4, -0.2) is 41.7 Å². The Hall–Kier alpha value is -4.36. The van der Waals surface area contributed by atoms with E-state index in [-0.39, 0.29) is 18.1 Å². The van der Waals surface area contributed by atoms with Crippen LogP contribution in [0.4, 0.5) is 0 Å². The van der Waals surface area contributed by atoms with Gasteiger partial charge in [0.15, 0.2) is 0 Å². The van der Waals surface area contributed by atoms with Gasteiger partial charge in [0.05, 0.1) is 31.5 Å². The second kappa shape index (κ2) is 9.48. The largest absolute Gasteiger partial charge is 0.497 e. The van der Waals surface area contributed by atoms with Gasteiger partial charge in [-0.25, -0.2) is 4.98 Å². The Morgan fingerprint density at radius 3 is 2.51 bits per heavy atom. The van der Waals surface area contributed by atoms with E-state index in [0.29, 0.717) is 22.8 Å². The number of nitrogens with one attached hydrogen (secondary N) is 2. The molecule has 0 saturated heterocycles. The molecule has 0 saturated carbocycles. The third-order valence-corrected chi connectivity index (χ3v) is 6.03. The van der Waals surface area contributed by atoms with E-state index in [9.17, 15) is 9.90 Å². The highest BCUT2D eigenvalue weighted by molar-refractivity contribution is 6.13. The smallest absolute Gasteiger partial charge is 0.270 e. The van der Waals surface area contributed by atoms with E-state index < -0.39 is 6.10 Å². The van der Waals surface area contributed by atoms with E-state index in [1.165, 1.54) is 0 Å². The first-order valence-electron chi connectivity index (χ1n) is 11.2. The zero-order valence-corrected chi connectivity index (χ0v) is 19.4. The molecule has 1 unspecified atom stereocenters. The Morgan fingerprint density at radius 1 is 0.971 bits per heavy atom. The van der Waals surface area contributed by atoms with Crippen LogP contribution >= 0.6 is 0 Å². The van der Waals surface area contributed by atoms with Crippen molar-refractivity contribution >= 4 is 27.7 Å². The van der Waals surface area contributed by atoms with Crippen molar-refractivity contribution in [2.75, 3.05) is 20.8 Å². The maximum atomic E-state index is 13.2. The number of carbonyl (C=O) groups excluding carboxylic acids is 1. The van der Waals surface area contributed by atoms with Crippen molar-refractivity contribution in [2.45, 2.75) is 6.10 Å². The van der Waals surface area contributed by atoms with Crippen LogP contribution in [0.15, 0.2) is 78.9 Å². The summed E-state index contributed by atoms with van der Waals surface area (Å²) >= 11 is 0. The lowest BCUT2D eigenvalue weighted by atomic mass is 10.0. The van der Waals surface area contributed by atoms with Crippen LogP contribution in [0.25, 0.3) is 33.1 Å². The number of amides is 1. The van der Waals surface area contributed by atoms with Gasteiger partial charge in [-0.05, 0) is 35.9 Å². The van der Waals surface area contributed by atoms with Gasteiger partial charge >= 0.3 is 0 Å². The highest BCUT2D eigenvalue weighted by atomic mass is 16.5. The average molecular weight is 468 g/mol. The summed E-state index contributed by atoms with van der Waals surface area (Å²) in [5, 5.41) is 15.1. The topological polar surface area (TPSA) is 96.5 Å². The van der Waals surface area contributed by atoms with Crippen LogP contribution in [0.5, 0.6) is 11.5 Å². The highest BCUT2D eigenvalue weighted by Gasteiger charge is 2.20. The first-order chi connectivity index (χ1) is 17.1. The molecule has 5 aromatic rings. The molecule has 1 amide bonds. The molecule has 0 radical (unpaired) electrons. The molecular formula is C28H25N3O4. The van der Waals surface area contributed by atoms with Crippen LogP contribution in [-0.2, 0) is 0 Å². The van der Waals surface area contributed by atoms with Crippen molar-refractivity contribution in [1.29, 1.82) is 0 Å². The summed E-state index contributed by atoms with van der Waals surface area (Å²) < 4.78 is 11.0. The molecule has 2 heterocycles. The lowest BCUT2D eigenvalue weighted by molar-refractivity contribution is 0.0911. The maximum Gasteiger partial charge on any atom is 0.270 e. The van der Waals surface area contributed by atoms with Gasteiger partial charge in [-0.1, -0.05) is 48.5 Å². The minimum Gasteiger partial charge on any atom is -0.497 e. The average Bonchev–Trinajstić information content (AvgIpc) is 3.29. The van der Waals surface area contributed by atoms with Gasteiger partial charge in [0.2, 0.25) is 0 Å². The molecule has 7 heteroatoms. The van der Waals surface area contributed by atoms with Crippen LogP contribution in [0.2, 0.25) is 0 Å². The number of benzene rings is 3. The maximum absolute atomic E-state index is 13.2. The van der Waals surface area contributed by atoms with Crippen LogP contribution in [0, 0.1) is 0 Å². The Balaban J connectivity index is 1.60. The summed E-state index contributed by atoms with van der Waals surface area (Å²) in [5.74, 6) is 0.873. The molecule has 0 aliphatic rings. The Kier molecular flexibility index (Phi) is 6.08. The molecule has 3 N–H and O–H groups in total. The highest BCUT2D eigenvalue weighted by Crippen LogP contribution is 2.38. The molecule has 2 aromatic heterocycles. The van der Waals surface area contributed by atoms with Crippen molar-refractivity contribution in [3.63, 3.8) is 0 Å². The van der Waals surface area contributed by atoms with E-state index >= 15 is 0 Å². The number of fused-ring (bicyclic) bond motifs is 3. The number of rotatable bonds is 7. The predicted molar refractivity (Wildman–Crippen MR) is 136 cm³/mol. The fourth-order valence-electron chi connectivity index (χ4n) is 4.23. The van der Waals surface area contributed by atoms with Crippen LogP contribution in [0.1, 0.15) is 22.2 Å². The molecule has 0 spiro atoms. The number of para-hydroxylation sites is 1. The quantitative estimate of drug-likeness (QED) is 0.318. The Labute approximate surface area is 202 Å². The molecule has 3 aromatic carbocycles. The lowest BCUT2D eigenvalue weighted by Gasteiger charge is -2.14. The number of aliphatic hydroxyl groups is 1. The molecule has 0 fully saturated rings. The molecule has 176 valence electrons. The number of pyridine rings is 1. The molecule has 1 atom stereocenters. The van der Waals surface area contributed by atoms with Crippen molar-refractivity contribution < 1.29 is 19.4 Å². The van der Waals surface area contributed by atoms with Gasteiger partial charge in [0, 0.05) is 28.4 Å². The Morgan fingerprint density at radius 2 is 1.74 bits per heavy atom. The van der Waals surface area contributed by atoms with Crippen LogP contribution in [0.3, 0.4) is 0 Å². The number of ether oxygens (including phenoxy) is 2. The molecule has 0 bridgehead atoms. The predicted octanol–water partition coefficient (Wildman–Crippen LogP) is 4.86. The monoisotopic (exact) mass is 467 g/mol. The number of methoxy groups -OCH3 is 2. The second-order valence-electron chi connectivity index (χ2n) is 8.15. The summed E-state index contributed by atoms with van der Waals surface area (Å²) in [7, 11) is 3.19. The number of nitrogens with zero attached hydrogens (tertiary/aromatic N) is 1. The van der Waals surface area contributed by atoms with E-state index in [2.05, 4.69) is 10.3 Å². The second-order valence-corrected chi connectivity index (χ2v) is 8.15. The third-order valence-electron chi connectivity index (χ3n) is 6.03. The van der Waals surface area contributed by atoms with Crippen molar-refractivity contribution in [2.24, 2.45) is 0 Å². The van der Waals surface area contributed by atoms with E-state index in [4.69, 9.17) is 14.5 Å². The minimum atomic E-state index is -0.824. The van der Waals surface area contributed by atoms with Gasteiger partial charge in [-0.3, -0.25) is 4.79 Å².